The normalized spacial score (nSPS) is 11.0. The summed E-state index contributed by atoms with van der Waals surface area (Å²) in [6.07, 6.45) is 3.25. The van der Waals surface area contributed by atoms with Gasteiger partial charge in [0.25, 0.3) is 11.8 Å². The molecular weight excluding hydrogens is 603 g/mol. The highest BCUT2D eigenvalue weighted by atomic mass is 35.5. The number of nitrogens with zero attached hydrogens (tertiary/aromatic N) is 2. The summed E-state index contributed by atoms with van der Waals surface area (Å²) in [4.78, 5) is 35.3. The fourth-order valence-electron chi connectivity index (χ4n) is 3.93. The second-order valence-corrected chi connectivity index (χ2v) is 11.7. The van der Waals surface area contributed by atoms with E-state index in [-0.39, 0.29) is 23.3 Å². The number of thiazole rings is 2. The molecule has 4 aromatic heterocycles. The van der Waals surface area contributed by atoms with Crippen LogP contribution in [0.5, 0.6) is 0 Å². The molecule has 0 saturated heterocycles. The van der Waals surface area contributed by atoms with Gasteiger partial charge in [-0.25, -0.2) is 9.97 Å². The van der Waals surface area contributed by atoms with Gasteiger partial charge in [-0.3, -0.25) is 9.59 Å². The molecule has 2 amide bonds. The van der Waals surface area contributed by atoms with E-state index in [1.165, 1.54) is 35.2 Å². The Morgan fingerprint density at radius 1 is 0.659 bits per heavy atom. The first-order valence-corrected chi connectivity index (χ1v) is 14.5. The van der Waals surface area contributed by atoms with Crippen LogP contribution in [0.15, 0.2) is 94.2 Å². The summed E-state index contributed by atoms with van der Waals surface area (Å²) >= 11 is 14.9. The third-order valence-electron chi connectivity index (χ3n) is 5.82. The Morgan fingerprint density at radius 3 is 1.44 bits per heavy atom. The zero-order valence-corrected chi connectivity index (χ0v) is 24.0. The smallest absolute Gasteiger partial charge is 0.292 e. The monoisotopic (exact) mass is 620 g/mol. The lowest BCUT2D eigenvalue weighted by Gasteiger charge is -2.04. The number of carbonyl (C=O) groups is 2. The molecule has 8 nitrogen and oxygen atoms in total. The van der Waals surface area contributed by atoms with Crippen molar-refractivity contribution in [2.75, 3.05) is 10.6 Å². The number of aromatic nitrogens is 2. The van der Waals surface area contributed by atoms with Gasteiger partial charge in [0.2, 0.25) is 0 Å². The number of amides is 2. The van der Waals surface area contributed by atoms with Gasteiger partial charge in [0, 0.05) is 21.2 Å². The summed E-state index contributed by atoms with van der Waals surface area (Å²) in [6, 6.07) is 20.9. The van der Waals surface area contributed by atoms with Crippen LogP contribution in [0.4, 0.5) is 10.0 Å². The second-order valence-electron chi connectivity index (χ2n) is 8.62. The molecule has 4 heterocycles. The van der Waals surface area contributed by atoms with Gasteiger partial charge in [-0.2, -0.15) is 0 Å². The van der Waals surface area contributed by atoms with E-state index < -0.39 is 0 Å². The van der Waals surface area contributed by atoms with Gasteiger partial charge < -0.3 is 19.5 Å². The second kappa shape index (κ2) is 11.7. The molecule has 0 radical (unpaired) electrons. The van der Waals surface area contributed by atoms with Gasteiger partial charge in [-0.15, -0.1) is 22.7 Å². The van der Waals surface area contributed by atoms with Crippen molar-refractivity contribution in [1.82, 2.24) is 9.97 Å². The predicted octanol–water partition coefficient (Wildman–Crippen LogP) is 8.52. The van der Waals surface area contributed by atoms with Crippen LogP contribution in [-0.2, 0) is 6.42 Å². The molecule has 41 heavy (non-hydrogen) atoms. The maximum atomic E-state index is 12.8. The van der Waals surface area contributed by atoms with E-state index in [0.717, 1.165) is 11.1 Å². The first-order chi connectivity index (χ1) is 19.9. The molecule has 0 aliphatic heterocycles. The summed E-state index contributed by atoms with van der Waals surface area (Å²) in [5.41, 5.74) is 2.78. The molecule has 0 unspecified atom stereocenters. The van der Waals surface area contributed by atoms with Gasteiger partial charge in [0.05, 0.1) is 18.9 Å². The Balaban J connectivity index is 1.34. The lowest BCUT2D eigenvalue weighted by molar-refractivity contribution is 0.0990. The molecule has 0 saturated carbocycles. The number of halogens is 2. The van der Waals surface area contributed by atoms with Crippen LogP contribution in [0.2, 0.25) is 10.0 Å². The fourth-order valence-corrected chi connectivity index (χ4v) is 6.24. The highest BCUT2D eigenvalue weighted by Crippen LogP contribution is 2.38. The van der Waals surface area contributed by atoms with Crippen LogP contribution >= 0.6 is 45.9 Å². The lowest BCUT2D eigenvalue weighted by atomic mass is 10.1. The quantitative estimate of drug-likeness (QED) is 0.176. The number of anilines is 2. The Bertz CT molecular complexity index is 1680. The third-order valence-corrected chi connectivity index (χ3v) is 8.27. The summed E-state index contributed by atoms with van der Waals surface area (Å²) in [7, 11) is 0. The molecule has 0 aliphatic carbocycles. The number of hydrogen-bond acceptors (Lipinski definition) is 8. The molecular formula is C29H18Cl2N4O4S2. The molecule has 6 aromatic rings. The number of hydrogen-bond donors (Lipinski definition) is 2. The maximum absolute atomic E-state index is 12.8. The SMILES string of the molecule is O=C(Nc1sc(Cc2nc(-c3ccc(Cl)cc3)c(NC(=O)c3ccco3)s2)nc1-c1ccc(Cl)cc1)c1ccco1. The van der Waals surface area contributed by atoms with E-state index in [9.17, 15) is 9.59 Å². The van der Waals surface area contributed by atoms with Crippen molar-refractivity contribution < 1.29 is 18.4 Å². The van der Waals surface area contributed by atoms with Crippen molar-refractivity contribution in [3.8, 4) is 22.5 Å². The van der Waals surface area contributed by atoms with Crippen molar-refractivity contribution >= 4 is 67.7 Å². The van der Waals surface area contributed by atoms with Crippen molar-refractivity contribution in [3.05, 3.63) is 117 Å². The van der Waals surface area contributed by atoms with Crippen LogP contribution in [0.25, 0.3) is 22.5 Å². The van der Waals surface area contributed by atoms with E-state index in [4.69, 9.17) is 42.0 Å². The Hall–Kier alpha value is -4.22. The van der Waals surface area contributed by atoms with E-state index in [1.54, 1.807) is 48.5 Å². The lowest BCUT2D eigenvalue weighted by Crippen LogP contribution is -2.10. The minimum Gasteiger partial charge on any atom is -0.459 e. The third kappa shape index (κ3) is 6.10. The molecule has 0 aliphatic rings. The minimum atomic E-state index is -0.386. The zero-order valence-electron chi connectivity index (χ0n) is 20.9. The topological polar surface area (TPSA) is 110 Å². The van der Waals surface area contributed by atoms with Crippen LogP contribution in [0, 0.1) is 0 Å². The highest BCUT2D eigenvalue weighted by Gasteiger charge is 2.22. The molecule has 12 heteroatoms. The van der Waals surface area contributed by atoms with Crippen LogP contribution < -0.4 is 10.6 Å². The number of benzene rings is 2. The first-order valence-electron chi connectivity index (χ1n) is 12.1. The fraction of sp³-hybridized carbons (Fsp3) is 0.0345. The maximum Gasteiger partial charge on any atom is 0.292 e. The molecule has 0 atom stereocenters. The van der Waals surface area contributed by atoms with Crippen molar-refractivity contribution in [1.29, 1.82) is 0 Å². The molecule has 0 bridgehead atoms. The largest absolute Gasteiger partial charge is 0.459 e. The average Bonchev–Trinajstić information content (AvgIpc) is 3.78. The highest BCUT2D eigenvalue weighted by molar-refractivity contribution is 7.18. The van der Waals surface area contributed by atoms with Crippen LogP contribution in [0.1, 0.15) is 31.1 Å². The Kier molecular flexibility index (Phi) is 7.71. The number of furan rings is 2. The van der Waals surface area contributed by atoms with Crippen LogP contribution in [-0.4, -0.2) is 21.8 Å². The predicted molar refractivity (Wildman–Crippen MR) is 161 cm³/mol. The number of rotatable bonds is 8. The first kappa shape index (κ1) is 27.0. The van der Waals surface area contributed by atoms with Gasteiger partial charge in [0.1, 0.15) is 31.4 Å². The summed E-state index contributed by atoms with van der Waals surface area (Å²) in [6.45, 7) is 0. The zero-order chi connectivity index (χ0) is 28.3. The molecule has 0 fully saturated rings. The standard InChI is InChI=1S/C29H18Cl2N4O4S2/c30-18-9-5-16(6-10-18)24-28(34-26(36)20-3-1-13-38-20)40-22(32-24)15-23-33-25(17-7-11-19(31)12-8-17)29(41-23)35-27(37)21-4-2-14-39-21/h1-14H,15H2,(H,34,36)(H,35,37). The summed E-state index contributed by atoms with van der Waals surface area (Å²) in [5.74, 6) is -0.400. The van der Waals surface area contributed by atoms with Crippen molar-refractivity contribution in [2.24, 2.45) is 0 Å². The number of nitrogens with one attached hydrogen (secondary N) is 2. The van der Waals surface area contributed by atoms with E-state index >= 15 is 0 Å². The average molecular weight is 622 g/mol. The molecule has 204 valence electrons. The number of carbonyl (C=O) groups excluding carboxylic acids is 2. The van der Waals surface area contributed by atoms with Gasteiger partial charge in [-0.1, -0.05) is 47.5 Å². The van der Waals surface area contributed by atoms with Gasteiger partial charge in [-0.05, 0) is 48.5 Å². The van der Waals surface area contributed by atoms with Crippen LogP contribution in [0.3, 0.4) is 0 Å². The van der Waals surface area contributed by atoms with E-state index in [0.29, 0.717) is 47.9 Å². The Morgan fingerprint density at radius 2 is 1.07 bits per heavy atom. The van der Waals surface area contributed by atoms with Gasteiger partial charge >= 0.3 is 0 Å². The van der Waals surface area contributed by atoms with Crippen molar-refractivity contribution in [3.63, 3.8) is 0 Å². The minimum absolute atomic E-state index is 0.187. The van der Waals surface area contributed by atoms with Gasteiger partial charge in [0.15, 0.2) is 11.5 Å². The van der Waals surface area contributed by atoms with E-state index in [2.05, 4.69) is 10.6 Å². The van der Waals surface area contributed by atoms with Crippen molar-refractivity contribution in [2.45, 2.75) is 6.42 Å². The molecule has 2 aromatic carbocycles. The molecule has 6 rings (SSSR count). The van der Waals surface area contributed by atoms with E-state index in [1.807, 2.05) is 24.3 Å². The summed E-state index contributed by atoms with van der Waals surface area (Å²) in [5, 5.41) is 9.56. The Labute approximate surface area is 251 Å². The molecule has 2 N–H and O–H groups in total. The molecule has 0 spiro atoms. The summed E-state index contributed by atoms with van der Waals surface area (Å²) < 4.78 is 10.5.